The Labute approximate surface area is 78.6 Å². The Morgan fingerprint density at radius 1 is 1.38 bits per heavy atom. The molecule has 1 aromatic rings. The average Bonchev–Trinajstić information content (AvgIpc) is 2.04. The molecule has 0 spiro atoms. The van der Waals surface area contributed by atoms with Gasteiger partial charge in [-0.2, -0.15) is 0 Å². The quantitative estimate of drug-likeness (QED) is 0.797. The fourth-order valence-electron chi connectivity index (χ4n) is 1.17. The molecule has 0 amide bonds. The Hall–Kier alpha value is -0.870. The van der Waals surface area contributed by atoms with E-state index in [4.69, 9.17) is 5.14 Å². The maximum atomic E-state index is 11.0. The summed E-state index contributed by atoms with van der Waals surface area (Å²) >= 11 is 0. The maximum absolute atomic E-state index is 11.0. The lowest BCUT2D eigenvalue weighted by atomic mass is 10.1. The zero-order valence-electron chi connectivity index (χ0n) is 7.53. The molecule has 0 bridgehead atoms. The lowest BCUT2D eigenvalue weighted by Gasteiger charge is -2.01. The molecule has 1 rings (SSSR count). The molecule has 72 valence electrons. The third kappa shape index (κ3) is 2.82. The number of rotatable bonds is 3. The van der Waals surface area contributed by atoms with Gasteiger partial charge in [0, 0.05) is 0 Å². The number of benzene rings is 1. The highest BCUT2D eigenvalue weighted by molar-refractivity contribution is 7.89. The van der Waals surface area contributed by atoms with Crippen molar-refractivity contribution in [3.05, 3.63) is 29.8 Å². The zero-order valence-corrected chi connectivity index (χ0v) is 8.34. The predicted molar refractivity (Wildman–Crippen MR) is 51.8 cm³/mol. The Balaban J connectivity index is 3.06. The molecule has 0 aliphatic heterocycles. The van der Waals surface area contributed by atoms with Crippen LogP contribution in [0.4, 0.5) is 0 Å². The molecule has 0 saturated carbocycles. The van der Waals surface area contributed by atoms with E-state index in [1.54, 1.807) is 12.1 Å². The molecule has 0 aliphatic carbocycles. The first-order valence-electron chi connectivity index (χ1n) is 4.16. The van der Waals surface area contributed by atoms with Crippen molar-refractivity contribution in [2.45, 2.75) is 24.7 Å². The van der Waals surface area contributed by atoms with Gasteiger partial charge in [0.1, 0.15) is 0 Å². The smallest absolute Gasteiger partial charge is 0.225 e. The van der Waals surface area contributed by atoms with E-state index in [9.17, 15) is 8.42 Å². The predicted octanol–water partition coefficient (Wildman–Crippen LogP) is 1.29. The maximum Gasteiger partial charge on any atom is 0.238 e. The summed E-state index contributed by atoms with van der Waals surface area (Å²) in [6, 6.07) is 6.75. The van der Waals surface area contributed by atoms with Crippen molar-refractivity contribution in [3.63, 3.8) is 0 Å². The van der Waals surface area contributed by atoms with Gasteiger partial charge >= 0.3 is 0 Å². The van der Waals surface area contributed by atoms with Gasteiger partial charge in [0.15, 0.2) is 0 Å². The SMILES string of the molecule is CCCc1cccc(S(N)(=O)=O)c1. The van der Waals surface area contributed by atoms with Crippen molar-refractivity contribution in [1.82, 2.24) is 0 Å². The summed E-state index contributed by atoms with van der Waals surface area (Å²) in [5, 5.41) is 4.99. The van der Waals surface area contributed by atoms with Gasteiger partial charge in [0.05, 0.1) is 4.90 Å². The highest BCUT2D eigenvalue weighted by Gasteiger charge is 2.06. The van der Waals surface area contributed by atoms with Gasteiger partial charge in [-0.25, -0.2) is 13.6 Å². The van der Waals surface area contributed by atoms with Crippen LogP contribution < -0.4 is 5.14 Å². The fourth-order valence-corrected chi connectivity index (χ4v) is 1.75. The molecule has 2 N–H and O–H groups in total. The average molecular weight is 199 g/mol. The molecule has 0 heterocycles. The minimum absolute atomic E-state index is 0.193. The van der Waals surface area contributed by atoms with E-state index >= 15 is 0 Å². The number of hydrogen-bond donors (Lipinski definition) is 1. The van der Waals surface area contributed by atoms with Crippen LogP contribution in [0, 0.1) is 0 Å². The standard InChI is InChI=1S/C9H13NO2S/c1-2-4-8-5-3-6-9(7-8)13(10,11)12/h3,5-7H,2,4H2,1H3,(H2,10,11,12). The molecule has 0 unspecified atom stereocenters. The molecule has 0 saturated heterocycles. The third-order valence-corrected chi connectivity index (χ3v) is 2.68. The molecule has 3 nitrogen and oxygen atoms in total. The molecule has 1 aromatic carbocycles. The molecule has 13 heavy (non-hydrogen) atoms. The number of nitrogens with two attached hydrogens (primary N) is 1. The highest BCUT2D eigenvalue weighted by Crippen LogP contribution is 2.10. The van der Waals surface area contributed by atoms with Crippen LogP contribution in [0.5, 0.6) is 0 Å². The summed E-state index contributed by atoms with van der Waals surface area (Å²) < 4.78 is 21.9. The number of aryl methyl sites for hydroxylation is 1. The first-order chi connectivity index (χ1) is 6.04. The van der Waals surface area contributed by atoms with E-state index in [2.05, 4.69) is 0 Å². The Morgan fingerprint density at radius 2 is 2.08 bits per heavy atom. The van der Waals surface area contributed by atoms with Crippen molar-refractivity contribution >= 4 is 10.0 Å². The number of sulfonamides is 1. The van der Waals surface area contributed by atoms with Gasteiger partial charge < -0.3 is 0 Å². The van der Waals surface area contributed by atoms with Gasteiger partial charge in [-0.1, -0.05) is 25.5 Å². The lowest BCUT2D eigenvalue weighted by molar-refractivity contribution is 0.597. The minimum Gasteiger partial charge on any atom is -0.225 e. The van der Waals surface area contributed by atoms with Crippen LogP contribution in [0.1, 0.15) is 18.9 Å². The summed E-state index contributed by atoms with van der Waals surface area (Å²) in [4.78, 5) is 0.193. The second kappa shape index (κ2) is 3.89. The monoisotopic (exact) mass is 199 g/mol. The Morgan fingerprint density at radius 3 is 2.62 bits per heavy atom. The fraction of sp³-hybridized carbons (Fsp3) is 0.333. The van der Waals surface area contributed by atoms with E-state index in [0.29, 0.717) is 0 Å². The highest BCUT2D eigenvalue weighted by atomic mass is 32.2. The molecule has 0 aromatic heterocycles. The van der Waals surface area contributed by atoms with Crippen LogP contribution in [-0.2, 0) is 16.4 Å². The second-order valence-corrected chi connectivity index (χ2v) is 4.50. The number of hydrogen-bond acceptors (Lipinski definition) is 2. The van der Waals surface area contributed by atoms with E-state index in [1.807, 2.05) is 13.0 Å². The van der Waals surface area contributed by atoms with Crippen LogP contribution in [0.25, 0.3) is 0 Å². The first kappa shape index (κ1) is 10.2. The largest absolute Gasteiger partial charge is 0.238 e. The molecule has 0 atom stereocenters. The third-order valence-electron chi connectivity index (χ3n) is 1.77. The van der Waals surface area contributed by atoms with Crippen LogP contribution in [0.2, 0.25) is 0 Å². The van der Waals surface area contributed by atoms with Gasteiger partial charge in [-0.15, -0.1) is 0 Å². The molecular weight excluding hydrogens is 186 g/mol. The van der Waals surface area contributed by atoms with Crippen LogP contribution in [0.15, 0.2) is 29.2 Å². The summed E-state index contributed by atoms with van der Waals surface area (Å²) in [6.07, 6.45) is 1.87. The zero-order chi connectivity index (χ0) is 9.90. The molecular formula is C9H13NO2S. The van der Waals surface area contributed by atoms with Crippen molar-refractivity contribution in [3.8, 4) is 0 Å². The first-order valence-corrected chi connectivity index (χ1v) is 5.70. The summed E-state index contributed by atoms with van der Waals surface area (Å²) in [6.45, 7) is 2.05. The topological polar surface area (TPSA) is 60.2 Å². The van der Waals surface area contributed by atoms with E-state index in [-0.39, 0.29) is 4.90 Å². The van der Waals surface area contributed by atoms with Gasteiger partial charge in [-0.05, 0) is 24.1 Å². The van der Waals surface area contributed by atoms with Crippen LogP contribution in [-0.4, -0.2) is 8.42 Å². The van der Waals surface area contributed by atoms with E-state index in [1.165, 1.54) is 6.07 Å². The van der Waals surface area contributed by atoms with Crippen molar-refractivity contribution in [2.24, 2.45) is 5.14 Å². The summed E-state index contributed by atoms with van der Waals surface area (Å²) in [5.41, 5.74) is 1.01. The van der Waals surface area contributed by atoms with Gasteiger partial charge in [-0.3, -0.25) is 0 Å². The lowest BCUT2D eigenvalue weighted by Crippen LogP contribution is -2.12. The second-order valence-electron chi connectivity index (χ2n) is 2.94. The van der Waals surface area contributed by atoms with E-state index in [0.717, 1.165) is 18.4 Å². The summed E-state index contributed by atoms with van der Waals surface area (Å²) in [7, 11) is -3.54. The molecule has 0 aliphatic rings. The number of primary sulfonamides is 1. The van der Waals surface area contributed by atoms with Crippen molar-refractivity contribution in [2.75, 3.05) is 0 Å². The Kier molecular flexibility index (Phi) is 3.06. The Bertz CT molecular complexity index is 384. The molecule has 4 heteroatoms. The van der Waals surface area contributed by atoms with Crippen LogP contribution >= 0.6 is 0 Å². The van der Waals surface area contributed by atoms with E-state index < -0.39 is 10.0 Å². The van der Waals surface area contributed by atoms with Crippen molar-refractivity contribution in [1.29, 1.82) is 0 Å². The van der Waals surface area contributed by atoms with Gasteiger partial charge in [0.25, 0.3) is 0 Å². The molecule has 0 radical (unpaired) electrons. The van der Waals surface area contributed by atoms with Gasteiger partial charge in [0.2, 0.25) is 10.0 Å². The normalized spacial score (nSPS) is 11.5. The minimum atomic E-state index is -3.54. The molecule has 0 fully saturated rings. The summed E-state index contributed by atoms with van der Waals surface area (Å²) in [5.74, 6) is 0. The van der Waals surface area contributed by atoms with Crippen molar-refractivity contribution < 1.29 is 8.42 Å². The van der Waals surface area contributed by atoms with Crippen LogP contribution in [0.3, 0.4) is 0 Å².